The van der Waals surface area contributed by atoms with E-state index in [0.29, 0.717) is 23.8 Å². The van der Waals surface area contributed by atoms with E-state index in [1.807, 2.05) is 6.92 Å². The molecule has 0 aromatic carbocycles. The Kier molecular flexibility index (Phi) is 5.31. The molecule has 4 N–H and O–H groups in total. The fraction of sp³-hybridized carbons (Fsp3) is 0.571. The van der Waals surface area contributed by atoms with Crippen LogP contribution in [0.5, 0.6) is 0 Å². The van der Waals surface area contributed by atoms with Gasteiger partial charge in [0, 0.05) is 24.4 Å². The zero-order chi connectivity index (χ0) is 14.4. The second-order valence-corrected chi connectivity index (χ2v) is 5.02. The summed E-state index contributed by atoms with van der Waals surface area (Å²) in [5, 5.41) is 2.96. The third-order valence-electron chi connectivity index (χ3n) is 3.46. The normalized spacial score (nSPS) is 18.6. The number of carbonyl (C=O) groups excluding carboxylic acids is 1. The number of aryl methyl sites for hydroxylation is 1. The lowest BCUT2D eigenvalue weighted by Gasteiger charge is -2.22. The molecule has 0 saturated carbocycles. The number of ether oxygens (including phenoxy) is 1. The lowest BCUT2D eigenvalue weighted by Crippen LogP contribution is -2.33. The standard InChI is InChI=1S/C14H22N4O2/c1-2-12-6-11(7-13(17-12)18-15)14(19)16-8-10-4-3-5-20-9-10/h6-7,10H,2-5,8-9,15H2,1H3,(H,16,19)(H,17,18). The number of aromatic nitrogens is 1. The highest BCUT2D eigenvalue weighted by Crippen LogP contribution is 2.13. The summed E-state index contributed by atoms with van der Waals surface area (Å²) in [4.78, 5) is 16.4. The lowest BCUT2D eigenvalue weighted by atomic mass is 10.0. The molecule has 0 radical (unpaired) electrons. The maximum atomic E-state index is 12.2. The minimum atomic E-state index is -0.0934. The van der Waals surface area contributed by atoms with Gasteiger partial charge in [0.15, 0.2) is 0 Å². The first kappa shape index (κ1) is 14.7. The molecule has 1 aromatic rings. The first-order valence-electron chi connectivity index (χ1n) is 7.06. The van der Waals surface area contributed by atoms with Crippen LogP contribution >= 0.6 is 0 Å². The van der Waals surface area contributed by atoms with Crippen LogP contribution in [-0.4, -0.2) is 30.6 Å². The van der Waals surface area contributed by atoms with Gasteiger partial charge in [0.25, 0.3) is 5.91 Å². The number of nitrogens with one attached hydrogen (secondary N) is 2. The number of hydrazine groups is 1. The largest absolute Gasteiger partial charge is 0.381 e. The Morgan fingerprint density at radius 2 is 2.40 bits per heavy atom. The molecule has 1 unspecified atom stereocenters. The van der Waals surface area contributed by atoms with E-state index in [0.717, 1.165) is 38.2 Å². The molecular weight excluding hydrogens is 256 g/mol. The Labute approximate surface area is 119 Å². The highest BCUT2D eigenvalue weighted by molar-refractivity contribution is 5.95. The van der Waals surface area contributed by atoms with E-state index >= 15 is 0 Å². The van der Waals surface area contributed by atoms with Crippen molar-refractivity contribution in [1.82, 2.24) is 10.3 Å². The first-order chi connectivity index (χ1) is 9.72. The quantitative estimate of drug-likeness (QED) is 0.554. The van der Waals surface area contributed by atoms with Crippen molar-refractivity contribution in [2.24, 2.45) is 11.8 Å². The summed E-state index contributed by atoms with van der Waals surface area (Å²) < 4.78 is 5.41. The van der Waals surface area contributed by atoms with Gasteiger partial charge in [-0.2, -0.15) is 0 Å². The van der Waals surface area contributed by atoms with E-state index in [-0.39, 0.29) is 5.91 Å². The molecule has 1 amide bonds. The number of nitrogens with zero attached hydrogens (tertiary/aromatic N) is 1. The smallest absolute Gasteiger partial charge is 0.251 e. The number of nitrogen functional groups attached to an aromatic ring is 1. The summed E-state index contributed by atoms with van der Waals surface area (Å²) in [6, 6.07) is 3.46. The van der Waals surface area contributed by atoms with Crippen LogP contribution in [0.2, 0.25) is 0 Å². The zero-order valence-electron chi connectivity index (χ0n) is 11.8. The molecule has 1 saturated heterocycles. The first-order valence-corrected chi connectivity index (χ1v) is 7.06. The minimum Gasteiger partial charge on any atom is -0.381 e. The van der Waals surface area contributed by atoms with Gasteiger partial charge in [-0.05, 0) is 37.3 Å². The van der Waals surface area contributed by atoms with Gasteiger partial charge in [0.2, 0.25) is 0 Å². The van der Waals surface area contributed by atoms with Gasteiger partial charge in [-0.15, -0.1) is 0 Å². The highest BCUT2D eigenvalue weighted by Gasteiger charge is 2.16. The van der Waals surface area contributed by atoms with Gasteiger partial charge in [-0.1, -0.05) is 6.92 Å². The van der Waals surface area contributed by atoms with Gasteiger partial charge >= 0.3 is 0 Å². The maximum absolute atomic E-state index is 12.2. The molecule has 1 aromatic heterocycles. The second-order valence-electron chi connectivity index (χ2n) is 5.02. The van der Waals surface area contributed by atoms with E-state index in [1.54, 1.807) is 12.1 Å². The van der Waals surface area contributed by atoms with Crippen molar-refractivity contribution in [2.75, 3.05) is 25.2 Å². The average Bonchev–Trinajstić information content (AvgIpc) is 2.52. The number of amides is 1. The van der Waals surface area contributed by atoms with Crippen LogP contribution in [0.4, 0.5) is 5.82 Å². The van der Waals surface area contributed by atoms with Crippen LogP contribution in [0, 0.1) is 5.92 Å². The van der Waals surface area contributed by atoms with E-state index < -0.39 is 0 Å². The summed E-state index contributed by atoms with van der Waals surface area (Å²) in [6.07, 6.45) is 2.93. The average molecular weight is 278 g/mol. The van der Waals surface area contributed by atoms with Gasteiger partial charge < -0.3 is 15.5 Å². The monoisotopic (exact) mass is 278 g/mol. The van der Waals surface area contributed by atoms with Gasteiger partial charge in [0.1, 0.15) is 5.82 Å². The van der Waals surface area contributed by atoms with Crippen molar-refractivity contribution in [3.8, 4) is 0 Å². The maximum Gasteiger partial charge on any atom is 0.251 e. The second kappa shape index (κ2) is 7.21. The molecule has 110 valence electrons. The highest BCUT2D eigenvalue weighted by atomic mass is 16.5. The van der Waals surface area contributed by atoms with Crippen molar-refractivity contribution in [1.29, 1.82) is 0 Å². The lowest BCUT2D eigenvalue weighted by molar-refractivity contribution is 0.0536. The molecule has 6 nitrogen and oxygen atoms in total. The molecule has 1 fully saturated rings. The molecule has 1 atom stereocenters. The zero-order valence-corrected chi connectivity index (χ0v) is 11.8. The van der Waals surface area contributed by atoms with Crippen molar-refractivity contribution >= 4 is 11.7 Å². The van der Waals surface area contributed by atoms with Crippen molar-refractivity contribution in [3.63, 3.8) is 0 Å². The number of rotatable bonds is 5. The van der Waals surface area contributed by atoms with Gasteiger partial charge in [-0.25, -0.2) is 10.8 Å². The summed E-state index contributed by atoms with van der Waals surface area (Å²) in [5.74, 6) is 6.20. The van der Waals surface area contributed by atoms with E-state index in [4.69, 9.17) is 10.6 Å². The molecular formula is C14H22N4O2. The number of hydrogen-bond acceptors (Lipinski definition) is 5. The summed E-state index contributed by atoms with van der Waals surface area (Å²) >= 11 is 0. The third-order valence-corrected chi connectivity index (χ3v) is 3.46. The molecule has 0 spiro atoms. The van der Waals surface area contributed by atoms with Crippen LogP contribution in [0.1, 0.15) is 35.8 Å². The third kappa shape index (κ3) is 3.91. The fourth-order valence-corrected chi connectivity index (χ4v) is 2.28. The Hall–Kier alpha value is -1.66. The summed E-state index contributed by atoms with van der Waals surface area (Å²) in [6.45, 7) is 4.20. The molecule has 1 aliphatic heterocycles. The minimum absolute atomic E-state index is 0.0934. The SMILES string of the molecule is CCc1cc(C(=O)NCC2CCCOC2)cc(NN)n1. The van der Waals surface area contributed by atoms with Crippen molar-refractivity contribution in [3.05, 3.63) is 23.4 Å². The van der Waals surface area contributed by atoms with Gasteiger partial charge in [-0.3, -0.25) is 4.79 Å². The van der Waals surface area contributed by atoms with Gasteiger partial charge in [0.05, 0.1) is 6.61 Å². The number of carbonyl (C=O) groups is 1. The number of hydrogen-bond donors (Lipinski definition) is 3. The molecule has 2 rings (SSSR count). The van der Waals surface area contributed by atoms with Crippen LogP contribution in [0.3, 0.4) is 0 Å². The Bertz CT molecular complexity index is 436. The Balaban J connectivity index is 1.97. The number of nitrogens with two attached hydrogens (primary N) is 1. The number of pyridine rings is 1. The predicted molar refractivity (Wildman–Crippen MR) is 77.3 cm³/mol. The van der Waals surface area contributed by atoms with E-state index in [1.165, 1.54) is 0 Å². The molecule has 6 heteroatoms. The van der Waals surface area contributed by atoms with Crippen molar-refractivity contribution < 1.29 is 9.53 Å². The Morgan fingerprint density at radius 3 is 3.05 bits per heavy atom. The molecule has 20 heavy (non-hydrogen) atoms. The summed E-state index contributed by atoms with van der Waals surface area (Å²) in [7, 11) is 0. The van der Waals surface area contributed by atoms with E-state index in [9.17, 15) is 4.79 Å². The molecule has 1 aliphatic rings. The Morgan fingerprint density at radius 1 is 1.55 bits per heavy atom. The summed E-state index contributed by atoms with van der Waals surface area (Å²) in [5.41, 5.74) is 3.92. The van der Waals surface area contributed by atoms with Crippen LogP contribution in [-0.2, 0) is 11.2 Å². The fourth-order valence-electron chi connectivity index (χ4n) is 2.28. The van der Waals surface area contributed by atoms with Crippen LogP contribution in [0.15, 0.2) is 12.1 Å². The topological polar surface area (TPSA) is 89.3 Å². The predicted octanol–water partition coefficient (Wildman–Crippen LogP) is 1.09. The van der Waals surface area contributed by atoms with Crippen LogP contribution in [0.25, 0.3) is 0 Å². The molecule has 0 bridgehead atoms. The van der Waals surface area contributed by atoms with E-state index in [2.05, 4.69) is 15.7 Å². The van der Waals surface area contributed by atoms with Crippen LogP contribution < -0.4 is 16.6 Å². The molecule has 0 aliphatic carbocycles. The molecule has 2 heterocycles. The number of anilines is 1. The van der Waals surface area contributed by atoms with Crippen molar-refractivity contribution in [2.45, 2.75) is 26.2 Å².